The molecule has 1 aromatic carbocycles. The summed E-state index contributed by atoms with van der Waals surface area (Å²) in [5.41, 5.74) is 2.52. The van der Waals surface area contributed by atoms with E-state index in [1.807, 2.05) is 42.7 Å². The van der Waals surface area contributed by atoms with Gasteiger partial charge in [0.25, 0.3) is 0 Å². The molecule has 0 saturated heterocycles. The molecule has 1 fully saturated rings. The third kappa shape index (κ3) is 5.79. The molecule has 0 spiro atoms. The fraction of sp³-hybridized carbons (Fsp3) is 0.500. The van der Waals surface area contributed by atoms with Crippen LogP contribution in [0.2, 0.25) is 0 Å². The molecule has 0 bridgehead atoms. The molecule has 1 saturated carbocycles. The number of aromatic nitrogens is 2. The average Bonchev–Trinajstić information content (AvgIpc) is 3.18. The van der Waals surface area contributed by atoms with Crippen LogP contribution in [0.25, 0.3) is 0 Å². The number of carbonyl (C=O) groups is 1. The second-order valence-corrected chi connectivity index (χ2v) is 10.3. The van der Waals surface area contributed by atoms with Crippen LogP contribution >= 0.6 is 0 Å². The number of hydrogen-bond acceptors (Lipinski definition) is 4. The Hall–Kier alpha value is -2.61. The lowest BCUT2D eigenvalue weighted by Gasteiger charge is -2.28. The Morgan fingerprint density at radius 2 is 2.06 bits per heavy atom. The monoisotopic (exact) mass is 458 g/mol. The smallest absolute Gasteiger partial charge is 0.318 e. The summed E-state index contributed by atoms with van der Waals surface area (Å²) in [5, 5.41) is 2.92. The Balaban J connectivity index is 1.98. The molecular formula is C24H34N4O3S. The van der Waals surface area contributed by atoms with E-state index >= 15 is 0 Å². The lowest BCUT2D eigenvalue weighted by Crippen LogP contribution is -2.40. The van der Waals surface area contributed by atoms with Gasteiger partial charge in [0.15, 0.2) is 0 Å². The van der Waals surface area contributed by atoms with Crippen LogP contribution in [-0.2, 0) is 22.1 Å². The van der Waals surface area contributed by atoms with Gasteiger partial charge in [-0.25, -0.2) is 18.2 Å². The molecule has 0 aliphatic heterocycles. The molecule has 1 aliphatic carbocycles. The van der Waals surface area contributed by atoms with E-state index in [0.29, 0.717) is 13.1 Å². The van der Waals surface area contributed by atoms with Gasteiger partial charge in [0.2, 0.25) is 15.0 Å². The minimum atomic E-state index is -3.66. The third-order valence-electron chi connectivity index (χ3n) is 5.81. The predicted molar refractivity (Wildman–Crippen MR) is 126 cm³/mol. The van der Waals surface area contributed by atoms with Crippen molar-refractivity contribution in [2.24, 2.45) is 0 Å². The molecule has 2 aromatic rings. The van der Waals surface area contributed by atoms with Crippen molar-refractivity contribution in [3.63, 3.8) is 0 Å². The van der Waals surface area contributed by atoms with Gasteiger partial charge in [-0.2, -0.15) is 0 Å². The zero-order valence-corrected chi connectivity index (χ0v) is 19.9. The summed E-state index contributed by atoms with van der Waals surface area (Å²) in [6, 6.07) is 7.43. The van der Waals surface area contributed by atoms with Crippen LogP contribution in [0.3, 0.4) is 0 Å². The van der Waals surface area contributed by atoms with Crippen molar-refractivity contribution < 1.29 is 13.2 Å². The summed E-state index contributed by atoms with van der Waals surface area (Å²) in [6.07, 6.45) is 8.41. The zero-order chi connectivity index (χ0) is 23.1. The fourth-order valence-electron chi connectivity index (χ4n) is 4.37. The van der Waals surface area contributed by atoms with E-state index in [-0.39, 0.29) is 29.5 Å². The minimum Gasteiger partial charge on any atom is -0.338 e. The second-order valence-electron chi connectivity index (χ2n) is 8.45. The number of benzene rings is 1. The molecule has 174 valence electrons. The maximum absolute atomic E-state index is 13.4. The number of rotatable bonds is 9. The molecule has 1 aliphatic rings. The van der Waals surface area contributed by atoms with Crippen LogP contribution in [0.15, 0.2) is 48.3 Å². The van der Waals surface area contributed by atoms with Gasteiger partial charge in [-0.3, -0.25) is 0 Å². The molecule has 8 heteroatoms. The Labute approximate surface area is 191 Å². The quantitative estimate of drug-likeness (QED) is 0.565. The summed E-state index contributed by atoms with van der Waals surface area (Å²) in [7, 11) is -3.66. The molecule has 1 N–H and O–H groups in total. The largest absolute Gasteiger partial charge is 0.338 e. The van der Waals surface area contributed by atoms with Crippen LogP contribution in [0.5, 0.6) is 0 Å². The van der Waals surface area contributed by atoms with Crippen molar-refractivity contribution in [1.29, 1.82) is 0 Å². The molecule has 3 rings (SSSR count). The van der Waals surface area contributed by atoms with Gasteiger partial charge in [0.1, 0.15) is 0 Å². The number of sulfone groups is 1. The van der Waals surface area contributed by atoms with E-state index < -0.39 is 9.84 Å². The maximum Gasteiger partial charge on any atom is 0.318 e. The number of carbonyl (C=O) groups excluding carboxylic acids is 1. The number of urea groups is 1. The predicted octanol–water partition coefficient (Wildman–Crippen LogP) is 4.39. The molecule has 7 nitrogen and oxygen atoms in total. The van der Waals surface area contributed by atoms with Crippen molar-refractivity contribution in [1.82, 2.24) is 19.8 Å². The van der Waals surface area contributed by atoms with Gasteiger partial charge in [0.05, 0.1) is 24.2 Å². The Morgan fingerprint density at radius 3 is 2.72 bits per heavy atom. The lowest BCUT2D eigenvalue weighted by atomic mass is 9.95. The standard InChI is InChI=1S/C24H34N4O3S/c1-4-14-27(23(29)25-5-2)17-22-16-26-24(28(22)21-12-7-6-8-13-21)32(30,31)18-20-11-9-10-19(3)15-20/h4,9-11,15-16,21H,1,5-8,12-14,17-18H2,2-3H3,(H,25,29). The number of nitrogens with zero attached hydrogens (tertiary/aromatic N) is 3. The summed E-state index contributed by atoms with van der Waals surface area (Å²) >= 11 is 0. The Kier molecular flexibility index (Phi) is 8.12. The number of amides is 2. The molecule has 1 heterocycles. The van der Waals surface area contributed by atoms with E-state index in [9.17, 15) is 13.2 Å². The highest BCUT2D eigenvalue weighted by atomic mass is 32.2. The van der Waals surface area contributed by atoms with E-state index in [1.165, 1.54) is 0 Å². The van der Waals surface area contributed by atoms with Crippen molar-refractivity contribution in [2.45, 2.75) is 69.4 Å². The highest BCUT2D eigenvalue weighted by Crippen LogP contribution is 2.33. The molecule has 0 unspecified atom stereocenters. The number of nitrogens with one attached hydrogen (secondary N) is 1. The van der Waals surface area contributed by atoms with Gasteiger partial charge >= 0.3 is 6.03 Å². The summed E-state index contributed by atoms with van der Waals surface area (Å²) in [5.74, 6) is -0.0927. The first-order valence-corrected chi connectivity index (χ1v) is 13.0. The van der Waals surface area contributed by atoms with E-state index in [4.69, 9.17) is 0 Å². The van der Waals surface area contributed by atoms with Crippen LogP contribution in [-0.4, -0.2) is 42.0 Å². The highest BCUT2D eigenvalue weighted by molar-refractivity contribution is 7.90. The number of aryl methyl sites for hydroxylation is 1. The zero-order valence-electron chi connectivity index (χ0n) is 19.1. The molecule has 2 amide bonds. The topological polar surface area (TPSA) is 84.3 Å². The molecule has 0 radical (unpaired) electrons. The Bertz CT molecular complexity index is 1040. The third-order valence-corrected chi connectivity index (χ3v) is 7.39. The average molecular weight is 459 g/mol. The van der Waals surface area contributed by atoms with Gasteiger partial charge in [-0.1, -0.05) is 55.2 Å². The van der Waals surface area contributed by atoms with Crippen molar-refractivity contribution in [2.75, 3.05) is 13.1 Å². The summed E-state index contributed by atoms with van der Waals surface area (Å²) in [6.45, 7) is 8.74. The van der Waals surface area contributed by atoms with Crippen LogP contribution < -0.4 is 5.32 Å². The lowest BCUT2D eigenvalue weighted by molar-refractivity contribution is 0.199. The Morgan fingerprint density at radius 1 is 1.31 bits per heavy atom. The van der Waals surface area contributed by atoms with Crippen LogP contribution in [0.4, 0.5) is 4.79 Å². The van der Waals surface area contributed by atoms with E-state index in [0.717, 1.165) is 48.9 Å². The fourth-order valence-corrected chi connectivity index (χ4v) is 5.90. The molecule has 1 aromatic heterocycles. The molecule has 32 heavy (non-hydrogen) atoms. The molecule has 0 atom stereocenters. The first-order valence-electron chi connectivity index (χ1n) is 11.3. The van der Waals surface area contributed by atoms with Gasteiger partial charge in [-0.15, -0.1) is 6.58 Å². The van der Waals surface area contributed by atoms with Crippen molar-refractivity contribution in [3.8, 4) is 0 Å². The second kappa shape index (κ2) is 10.8. The van der Waals surface area contributed by atoms with Crippen molar-refractivity contribution in [3.05, 3.63) is 59.9 Å². The normalized spacial score (nSPS) is 14.8. The summed E-state index contributed by atoms with van der Waals surface area (Å²) < 4.78 is 28.8. The number of hydrogen-bond donors (Lipinski definition) is 1. The van der Waals surface area contributed by atoms with Gasteiger partial charge in [-0.05, 0) is 32.3 Å². The maximum atomic E-state index is 13.4. The molecular weight excluding hydrogens is 424 g/mol. The van der Waals surface area contributed by atoms with Crippen molar-refractivity contribution >= 4 is 15.9 Å². The first-order chi connectivity index (χ1) is 15.4. The SMILES string of the molecule is C=CCN(Cc1cnc(S(=O)(=O)Cc2cccc(C)c2)n1C1CCCCC1)C(=O)NCC. The van der Waals surface area contributed by atoms with Gasteiger partial charge in [0, 0.05) is 19.1 Å². The highest BCUT2D eigenvalue weighted by Gasteiger charge is 2.30. The summed E-state index contributed by atoms with van der Waals surface area (Å²) in [4.78, 5) is 18.5. The first kappa shape index (κ1) is 24.0. The van der Waals surface area contributed by atoms with Crippen LogP contribution in [0.1, 0.15) is 61.9 Å². The minimum absolute atomic E-state index is 0.0725. The van der Waals surface area contributed by atoms with Crippen LogP contribution in [0, 0.1) is 6.92 Å². The van der Waals surface area contributed by atoms with Gasteiger partial charge < -0.3 is 14.8 Å². The number of imidazole rings is 1. The van der Waals surface area contributed by atoms with E-state index in [1.54, 1.807) is 17.2 Å². The van der Waals surface area contributed by atoms with E-state index in [2.05, 4.69) is 16.9 Å².